The lowest BCUT2D eigenvalue weighted by Crippen LogP contribution is -2.49. The number of hydrogen-bond acceptors (Lipinski definition) is 4. The van der Waals surface area contributed by atoms with Crippen LogP contribution in [-0.2, 0) is 9.59 Å². The monoisotopic (exact) mass is 280 g/mol. The van der Waals surface area contributed by atoms with Crippen LogP contribution in [-0.4, -0.2) is 65.4 Å². The summed E-state index contributed by atoms with van der Waals surface area (Å²) >= 11 is 0. The normalized spacial score (nSPS) is 29.1. The van der Waals surface area contributed by atoms with Gasteiger partial charge in [-0.25, -0.2) is 4.79 Å². The summed E-state index contributed by atoms with van der Waals surface area (Å²) in [5.41, 5.74) is -0.825. The Hall–Kier alpha value is -1.63. The highest BCUT2D eigenvalue weighted by molar-refractivity contribution is 6.09. The first-order chi connectivity index (χ1) is 9.57. The average Bonchev–Trinajstić information content (AvgIpc) is 3.09. The van der Waals surface area contributed by atoms with Crippen molar-refractivity contribution < 1.29 is 14.4 Å². The zero-order valence-corrected chi connectivity index (χ0v) is 11.6. The number of carbonyl (C=O) groups excluding carboxylic acids is 3. The van der Waals surface area contributed by atoms with Crippen molar-refractivity contribution in [2.45, 2.75) is 37.8 Å². The molecule has 0 aromatic rings. The number of rotatable bonds is 4. The molecular weight excluding hydrogens is 260 g/mol. The third-order valence-electron chi connectivity index (χ3n) is 4.34. The largest absolute Gasteiger partial charge is 0.338 e. The Labute approximate surface area is 117 Å². The van der Waals surface area contributed by atoms with Crippen molar-refractivity contribution in [2.24, 2.45) is 0 Å². The summed E-state index contributed by atoms with van der Waals surface area (Å²) in [7, 11) is 0. The van der Waals surface area contributed by atoms with E-state index in [1.807, 2.05) is 6.92 Å². The first-order valence-corrected chi connectivity index (χ1v) is 7.22. The van der Waals surface area contributed by atoms with Gasteiger partial charge >= 0.3 is 6.03 Å². The second-order valence-electron chi connectivity index (χ2n) is 5.74. The molecule has 2 saturated heterocycles. The van der Waals surface area contributed by atoms with Gasteiger partial charge in [-0.2, -0.15) is 0 Å². The van der Waals surface area contributed by atoms with Crippen molar-refractivity contribution in [3.05, 3.63) is 0 Å². The Kier molecular flexibility index (Phi) is 3.16. The van der Waals surface area contributed by atoms with Crippen LogP contribution in [0.1, 0.15) is 26.2 Å². The number of likely N-dealkylation sites (N-methyl/N-ethyl adjacent to an activating group) is 1. The summed E-state index contributed by atoms with van der Waals surface area (Å²) in [6.45, 7) is 3.56. The van der Waals surface area contributed by atoms with Gasteiger partial charge in [-0.1, -0.05) is 0 Å². The molecule has 1 atom stereocenters. The fraction of sp³-hybridized carbons (Fsp3) is 0.769. The number of carbonyl (C=O) groups is 3. The minimum Gasteiger partial charge on any atom is -0.338 e. The van der Waals surface area contributed by atoms with Crippen LogP contribution in [0.3, 0.4) is 0 Å². The summed E-state index contributed by atoms with van der Waals surface area (Å²) in [5, 5.41) is 5.82. The smallest absolute Gasteiger partial charge is 0.325 e. The molecule has 3 aliphatic rings. The highest BCUT2D eigenvalue weighted by Gasteiger charge is 2.53. The highest BCUT2D eigenvalue weighted by Crippen LogP contribution is 2.28. The molecule has 2 aliphatic heterocycles. The summed E-state index contributed by atoms with van der Waals surface area (Å²) in [6, 6.07) is -0.144. The van der Waals surface area contributed by atoms with Crippen molar-refractivity contribution in [1.82, 2.24) is 20.4 Å². The number of imide groups is 1. The van der Waals surface area contributed by atoms with E-state index >= 15 is 0 Å². The fourth-order valence-electron chi connectivity index (χ4n) is 3.05. The van der Waals surface area contributed by atoms with E-state index in [0.717, 1.165) is 17.7 Å². The fourth-order valence-corrected chi connectivity index (χ4v) is 3.05. The van der Waals surface area contributed by atoms with E-state index in [1.54, 1.807) is 4.90 Å². The molecule has 2 N–H and O–H groups in total. The van der Waals surface area contributed by atoms with Crippen molar-refractivity contribution in [3.8, 4) is 0 Å². The number of hydrogen-bond donors (Lipinski definition) is 2. The maximum Gasteiger partial charge on any atom is 0.325 e. The Morgan fingerprint density at radius 1 is 1.45 bits per heavy atom. The van der Waals surface area contributed by atoms with Crippen LogP contribution in [0.4, 0.5) is 4.79 Å². The van der Waals surface area contributed by atoms with Crippen LogP contribution in [0.15, 0.2) is 0 Å². The third-order valence-corrected chi connectivity index (χ3v) is 4.34. The molecule has 1 spiro atoms. The van der Waals surface area contributed by atoms with Crippen LogP contribution in [0.5, 0.6) is 0 Å². The van der Waals surface area contributed by atoms with Crippen molar-refractivity contribution in [3.63, 3.8) is 0 Å². The zero-order valence-electron chi connectivity index (χ0n) is 11.6. The summed E-state index contributed by atoms with van der Waals surface area (Å²) in [6.07, 6.45) is 2.63. The molecule has 7 heteroatoms. The summed E-state index contributed by atoms with van der Waals surface area (Å²) in [5.74, 6) is -0.408. The van der Waals surface area contributed by atoms with Gasteiger partial charge in [0.05, 0.1) is 0 Å². The van der Waals surface area contributed by atoms with Crippen LogP contribution >= 0.6 is 0 Å². The van der Waals surface area contributed by atoms with Gasteiger partial charge in [0.1, 0.15) is 12.1 Å². The Morgan fingerprint density at radius 3 is 2.75 bits per heavy atom. The Morgan fingerprint density at radius 2 is 2.20 bits per heavy atom. The van der Waals surface area contributed by atoms with E-state index in [9.17, 15) is 14.4 Å². The lowest BCUT2D eigenvalue weighted by Gasteiger charge is -2.23. The molecule has 20 heavy (non-hydrogen) atoms. The average molecular weight is 280 g/mol. The molecule has 0 aromatic heterocycles. The molecule has 3 rings (SSSR count). The molecule has 1 saturated carbocycles. The van der Waals surface area contributed by atoms with Crippen molar-refractivity contribution >= 4 is 17.8 Å². The van der Waals surface area contributed by atoms with Gasteiger partial charge in [-0.05, 0) is 32.7 Å². The molecule has 110 valence electrons. The number of nitrogens with one attached hydrogen (secondary N) is 2. The van der Waals surface area contributed by atoms with E-state index < -0.39 is 11.6 Å². The standard InChI is InChI=1S/C13H20N4O3/c1-2-16(9-3-4-9)10(18)7-17-11(19)13(15-12(17)20)5-6-14-8-13/h9,14H,2-8H2,1H3,(H,15,20). The SMILES string of the molecule is CCN(C(=O)CN1C(=O)NC2(CCNC2)C1=O)C1CC1. The predicted octanol–water partition coefficient (Wildman–Crippen LogP) is -0.719. The molecule has 0 bridgehead atoms. The lowest BCUT2D eigenvalue weighted by molar-refractivity contribution is -0.139. The summed E-state index contributed by atoms with van der Waals surface area (Å²) in [4.78, 5) is 39.5. The topological polar surface area (TPSA) is 81.8 Å². The van der Waals surface area contributed by atoms with Crippen LogP contribution in [0.2, 0.25) is 0 Å². The Bertz CT molecular complexity index is 455. The van der Waals surface area contributed by atoms with Gasteiger partial charge in [0.25, 0.3) is 5.91 Å². The molecular formula is C13H20N4O3. The highest BCUT2D eigenvalue weighted by atomic mass is 16.2. The van der Waals surface area contributed by atoms with Gasteiger partial charge in [0.15, 0.2) is 0 Å². The number of urea groups is 1. The first kappa shape index (κ1) is 13.4. The quantitative estimate of drug-likeness (QED) is 0.666. The second-order valence-corrected chi connectivity index (χ2v) is 5.74. The predicted molar refractivity (Wildman–Crippen MR) is 70.9 cm³/mol. The van der Waals surface area contributed by atoms with E-state index in [1.165, 1.54) is 0 Å². The van der Waals surface area contributed by atoms with E-state index in [0.29, 0.717) is 32.1 Å². The van der Waals surface area contributed by atoms with E-state index in [-0.39, 0.29) is 18.4 Å². The van der Waals surface area contributed by atoms with Crippen LogP contribution in [0, 0.1) is 0 Å². The van der Waals surface area contributed by atoms with Crippen LogP contribution < -0.4 is 10.6 Å². The van der Waals surface area contributed by atoms with E-state index in [2.05, 4.69) is 10.6 Å². The van der Waals surface area contributed by atoms with Gasteiger partial charge in [0.2, 0.25) is 5.91 Å². The molecule has 1 unspecified atom stereocenters. The van der Waals surface area contributed by atoms with Gasteiger partial charge < -0.3 is 15.5 Å². The molecule has 3 fully saturated rings. The minimum absolute atomic E-state index is 0.137. The van der Waals surface area contributed by atoms with E-state index in [4.69, 9.17) is 0 Å². The first-order valence-electron chi connectivity index (χ1n) is 7.22. The lowest BCUT2D eigenvalue weighted by atomic mass is 9.99. The molecule has 0 radical (unpaired) electrons. The molecule has 7 nitrogen and oxygen atoms in total. The molecule has 1 aliphatic carbocycles. The number of amides is 4. The maximum atomic E-state index is 12.4. The third kappa shape index (κ3) is 2.06. The maximum absolute atomic E-state index is 12.4. The molecule has 0 aromatic carbocycles. The Balaban J connectivity index is 1.69. The van der Waals surface area contributed by atoms with Crippen LogP contribution in [0.25, 0.3) is 0 Å². The zero-order chi connectivity index (χ0) is 14.3. The number of nitrogens with zero attached hydrogens (tertiary/aromatic N) is 2. The summed E-state index contributed by atoms with van der Waals surface area (Å²) < 4.78 is 0. The van der Waals surface area contributed by atoms with Gasteiger partial charge in [-0.3, -0.25) is 14.5 Å². The molecule has 2 heterocycles. The van der Waals surface area contributed by atoms with Crippen molar-refractivity contribution in [1.29, 1.82) is 0 Å². The van der Waals surface area contributed by atoms with Crippen molar-refractivity contribution in [2.75, 3.05) is 26.2 Å². The van der Waals surface area contributed by atoms with Gasteiger partial charge in [-0.15, -0.1) is 0 Å². The second kappa shape index (κ2) is 4.73. The minimum atomic E-state index is -0.825. The molecule has 4 amide bonds. The van der Waals surface area contributed by atoms with Gasteiger partial charge in [0, 0.05) is 19.1 Å².